The van der Waals surface area contributed by atoms with Gasteiger partial charge in [-0.15, -0.1) is 12.4 Å². The average molecular weight is 340 g/mol. The lowest BCUT2D eigenvalue weighted by Gasteiger charge is -2.34. The van der Waals surface area contributed by atoms with Crippen LogP contribution in [0.5, 0.6) is 0 Å². The molecule has 0 spiro atoms. The van der Waals surface area contributed by atoms with Gasteiger partial charge in [-0.1, -0.05) is 0 Å². The Kier molecular flexibility index (Phi) is 6.59. The Morgan fingerprint density at radius 2 is 2.13 bits per heavy atom. The molecule has 2 saturated heterocycles. The Balaban J connectivity index is 0.00000192. The van der Waals surface area contributed by atoms with Crippen LogP contribution >= 0.6 is 12.4 Å². The maximum absolute atomic E-state index is 12.5. The minimum atomic E-state index is 0. The molecule has 3 rings (SSSR count). The van der Waals surface area contributed by atoms with Gasteiger partial charge in [0.1, 0.15) is 0 Å². The zero-order chi connectivity index (χ0) is 15.4. The quantitative estimate of drug-likeness (QED) is 0.870. The molecule has 3 atom stereocenters. The molecule has 1 amide bonds. The first-order valence-corrected chi connectivity index (χ1v) is 8.28. The fourth-order valence-electron chi connectivity index (χ4n) is 3.42. The lowest BCUT2D eigenvalue weighted by Crippen LogP contribution is -2.51. The first-order chi connectivity index (χ1) is 10.7. The van der Waals surface area contributed by atoms with Crippen molar-refractivity contribution < 1.29 is 4.79 Å². The van der Waals surface area contributed by atoms with Gasteiger partial charge in [0.25, 0.3) is 0 Å². The van der Waals surface area contributed by atoms with E-state index < -0.39 is 0 Å². The van der Waals surface area contributed by atoms with Crippen LogP contribution < -0.4 is 15.5 Å². The van der Waals surface area contributed by atoms with E-state index in [1.54, 1.807) is 12.4 Å². The fraction of sp³-hybridized carbons (Fsp3) is 0.688. The molecule has 1 aromatic heterocycles. The Labute approximate surface area is 143 Å². The molecular weight excluding hydrogens is 314 g/mol. The van der Waals surface area contributed by atoms with Crippen molar-refractivity contribution in [1.29, 1.82) is 0 Å². The molecule has 0 aliphatic carbocycles. The monoisotopic (exact) mass is 339 g/mol. The highest BCUT2D eigenvalue weighted by Gasteiger charge is 2.28. The van der Waals surface area contributed by atoms with Gasteiger partial charge in [-0.2, -0.15) is 0 Å². The Morgan fingerprint density at radius 1 is 1.35 bits per heavy atom. The lowest BCUT2D eigenvalue weighted by molar-refractivity contribution is -0.126. The number of amides is 1. The van der Waals surface area contributed by atoms with E-state index in [0.29, 0.717) is 6.04 Å². The Bertz CT molecular complexity index is 501. The van der Waals surface area contributed by atoms with E-state index in [0.717, 1.165) is 51.3 Å². The number of halogens is 1. The second-order valence-electron chi connectivity index (χ2n) is 6.42. The molecule has 2 fully saturated rings. The van der Waals surface area contributed by atoms with Crippen molar-refractivity contribution in [3.05, 3.63) is 18.5 Å². The molecule has 7 heteroatoms. The summed E-state index contributed by atoms with van der Waals surface area (Å²) in [7, 11) is 0. The molecule has 2 aliphatic heterocycles. The highest BCUT2D eigenvalue weighted by molar-refractivity contribution is 5.85. The van der Waals surface area contributed by atoms with Crippen molar-refractivity contribution in [1.82, 2.24) is 20.6 Å². The molecule has 3 heterocycles. The highest BCUT2D eigenvalue weighted by Crippen LogP contribution is 2.19. The molecule has 23 heavy (non-hydrogen) atoms. The summed E-state index contributed by atoms with van der Waals surface area (Å²) in [5.41, 5.74) is 0. The number of nitrogens with one attached hydrogen (secondary N) is 2. The average Bonchev–Trinajstić information content (AvgIpc) is 2.56. The van der Waals surface area contributed by atoms with Gasteiger partial charge in [-0.3, -0.25) is 4.79 Å². The molecule has 0 saturated carbocycles. The predicted octanol–water partition coefficient (Wildman–Crippen LogP) is 1.37. The van der Waals surface area contributed by atoms with Gasteiger partial charge in [-0.25, -0.2) is 9.97 Å². The van der Waals surface area contributed by atoms with E-state index >= 15 is 0 Å². The number of nitrogens with zero attached hydrogens (tertiary/aromatic N) is 3. The predicted molar refractivity (Wildman–Crippen MR) is 92.8 cm³/mol. The standard InChI is InChI=1S/C16H25N5O.ClH/c1-12-10-13(5-8-17-12)15(22)20-14-4-2-9-21(11-14)16-18-6-3-7-19-16;/h3,6-7,12-14,17H,2,4-5,8-11H2,1H3,(H,20,22);1H/t12-,13-,14?;/m0./s1. The molecule has 0 radical (unpaired) electrons. The molecule has 6 nitrogen and oxygen atoms in total. The summed E-state index contributed by atoms with van der Waals surface area (Å²) < 4.78 is 0. The molecule has 2 aliphatic rings. The van der Waals surface area contributed by atoms with Crippen LogP contribution in [0.1, 0.15) is 32.6 Å². The number of hydrogen-bond acceptors (Lipinski definition) is 5. The molecule has 1 unspecified atom stereocenters. The number of aromatic nitrogens is 2. The topological polar surface area (TPSA) is 70.2 Å². The molecule has 0 bridgehead atoms. The number of piperidine rings is 2. The van der Waals surface area contributed by atoms with Crippen LogP contribution in [0.25, 0.3) is 0 Å². The summed E-state index contributed by atoms with van der Waals surface area (Å²) in [4.78, 5) is 23.3. The van der Waals surface area contributed by atoms with Crippen molar-refractivity contribution in [3.63, 3.8) is 0 Å². The summed E-state index contributed by atoms with van der Waals surface area (Å²) in [5, 5.41) is 6.64. The largest absolute Gasteiger partial charge is 0.351 e. The molecule has 2 N–H and O–H groups in total. The van der Waals surface area contributed by atoms with E-state index in [1.807, 2.05) is 6.07 Å². The number of hydrogen-bond donors (Lipinski definition) is 2. The van der Waals surface area contributed by atoms with Gasteiger partial charge in [0, 0.05) is 43.5 Å². The van der Waals surface area contributed by atoms with Gasteiger partial charge < -0.3 is 15.5 Å². The second kappa shape index (κ2) is 8.45. The number of carbonyl (C=O) groups excluding carboxylic acids is 1. The highest BCUT2D eigenvalue weighted by atomic mass is 35.5. The smallest absolute Gasteiger partial charge is 0.225 e. The third-order valence-electron chi connectivity index (χ3n) is 4.60. The van der Waals surface area contributed by atoms with E-state index in [1.165, 1.54) is 0 Å². The minimum Gasteiger partial charge on any atom is -0.351 e. The van der Waals surface area contributed by atoms with E-state index in [4.69, 9.17) is 0 Å². The van der Waals surface area contributed by atoms with Crippen LogP contribution in [0.15, 0.2) is 18.5 Å². The Morgan fingerprint density at radius 3 is 2.87 bits per heavy atom. The number of carbonyl (C=O) groups is 1. The summed E-state index contributed by atoms with van der Waals surface area (Å²) in [6.07, 6.45) is 7.50. The molecule has 0 aromatic carbocycles. The number of rotatable bonds is 3. The van der Waals surface area contributed by atoms with Crippen LogP contribution in [0.4, 0.5) is 5.95 Å². The van der Waals surface area contributed by atoms with Crippen LogP contribution in [-0.2, 0) is 4.79 Å². The molecule has 1 aromatic rings. The maximum atomic E-state index is 12.5. The third kappa shape index (κ3) is 4.78. The zero-order valence-corrected chi connectivity index (χ0v) is 14.4. The van der Waals surface area contributed by atoms with Crippen LogP contribution in [0.3, 0.4) is 0 Å². The maximum Gasteiger partial charge on any atom is 0.225 e. The second-order valence-corrected chi connectivity index (χ2v) is 6.42. The van der Waals surface area contributed by atoms with Gasteiger partial charge in [0.05, 0.1) is 0 Å². The van der Waals surface area contributed by atoms with Crippen molar-refractivity contribution in [2.24, 2.45) is 5.92 Å². The lowest BCUT2D eigenvalue weighted by atomic mass is 9.92. The van der Waals surface area contributed by atoms with E-state index in [2.05, 4.69) is 32.4 Å². The summed E-state index contributed by atoms with van der Waals surface area (Å²) >= 11 is 0. The normalized spacial score (nSPS) is 27.9. The van der Waals surface area contributed by atoms with Gasteiger partial charge >= 0.3 is 0 Å². The number of anilines is 1. The molecular formula is C16H26ClN5O. The van der Waals surface area contributed by atoms with Crippen molar-refractivity contribution >= 4 is 24.3 Å². The molecule has 128 valence electrons. The first-order valence-electron chi connectivity index (χ1n) is 8.28. The zero-order valence-electron chi connectivity index (χ0n) is 13.6. The SMILES string of the molecule is C[C@H]1C[C@@H](C(=O)NC2CCCN(c3ncccn3)C2)CCN1.Cl. The summed E-state index contributed by atoms with van der Waals surface area (Å²) in [5.74, 6) is 1.13. The van der Waals surface area contributed by atoms with E-state index in [9.17, 15) is 4.79 Å². The van der Waals surface area contributed by atoms with Crippen molar-refractivity contribution in [3.8, 4) is 0 Å². The Hall–Kier alpha value is -1.40. The van der Waals surface area contributed by atoms with E-state index in [-0.39, 0.29) is 30.3 Å². The third-order valence-corrected chi connectivity index (χ3v) is 4.60. The van der Waals surface area contributed by atoms with Crippen LogP contribution in [-0.4, -0.2) is 47.6 Å². The van der Waals surface area contributed by atoms with Crippen molar-refractivity contribution in [2.45, 2.75) is 44.7 Å². The van der Waals surface area contributed by atoms with Crippen LogP contribution in [0.2, 0.25) is 0 Å². The van der Waals surface area contributed by atoms with Gasteiger partial charge in [0.15, 0.2) is 0 Å². The minimum absolute atomic E-state index is 0. The van der Waals surface area contributed by atoms with Gasteiger partial charge in [0.2, 0.25) is 11.9 Å². The summed E-state index contributed by atoms with van der Waals surface area (Å²) in [6, 6.07) is 2.46. The van der Waals surface area contributed by atoms with Gasteiger partial charge in [-0.05, 0) is 45.2 Å². The van der Waals surface area contributed by atoms with Crippen molar-refractivity contribution in [2.75, 3.05) is 24.5 Å². The first kappa shape index (κ1) is 17.9. The van der Waals surface area contributed by atoms with Crippen LogP contribution in [0, 0.1) is 5.92 Å². The fourth-order valence-corrected chi connectivity index (χ4v) is 3.42. The summed E-state index contributed by atoms with van der Waals surface area (Å²) in [6.45, 7) is 4.85.